The monoisotopic (exact) mass is 381 g/mol. The van der Waals surface area contributed by atoms with Gasteiger partial charge in [-0.2, -0.15) is 0 Å². The summed E-state index contributed by atoms with van der Waals surface area (Å²) in [4.78, 5) is 4.26. The zero-order valence-corrected chi connectivity index (χ0v) is 14.3. The van der Waals surface area contributed by atoms with Crippen molar-refractivity contribution in [3.05, 3.63) is 11.6 Å². The van der Waals surface area contributed by atoms with Gasteiger partial charge in [-0.3, -0.25) is 4.99 Å². The number of hydrogen-bond donors (Lipinski definition) is 2. The number of nitrogens with two attached hydrogens (primary N) is 1. The molecule has 0 aromatic carbocycles. The lowest BCUT2D eigenvalue weighted by Crippen LogP contribution is -2.32. The number of aliphatic imine (C=N–C) groups is 1. The van der Waals surface area contributed by atoms with Crippen LogP contribution in [0.4, 0.5) is 0 Å². The molecular weight excluding hydrogens is 353 g/mol. The van der Waals surface area contributed by atoms with Gasteiger partial charge in [0.1, 0.15) is 0 Å². The van der Waals surface area contributed by atoms with Gasteiger partial charge in [0.15, 0.2) is 5.96 Å². The van der Waals surface area contributed by atoms with Gasteiger partial charge < -0.3 is 15.8 Å². The third-order valence-corrected chi connectivity index (χ3v) is 3.07. The number of guanidine groups is 1. The van der Waals surface area contributed by atoms with Gasteiger partial charge in [-0.1, -0.05) is 11.6 Å². The first-order valence-corrected chi connectivity index (χ1v) is 7.12. The Labute approximate surface area is 134 Å². The summed E-state index contributed by atoms with van der Waals surface area (Å²) < 4.78 is 5.24. The van der Waals surface area contributed by atoms with Crippen LogP contribution in [0.5, 0.6) is 0 Å². The lowest BCUT2D eigenvalue weighted by molar-refractivity contribution is 0.146. The molecule has 0 aromatic rings. The van der Waals surface area contributed by atoms with Gasteiger partial charge in [-0.15, -0.1) is 24.0 Å². The Bertz CT molecular complexity index is 280. The van der Waals surface area contributed by atoms with Crippen LogP contribution in [0.25, 0.3) is 0 Å². The van der Waals surface area contributed by atoms with Crippen LogP contribution < -0.4 is 11.1 Å². The number of nitrogens with zero attached hydrogens (tertiary/aromatic N) is 1. The number of halogens is 1. The van der Waals surface area contributed by atoms with Crippen molar-refractivity contribution in [1.82, 2.24) is 5.32 Å². The molecule has 4 nitrogen and oxygen atoms in total. The molecule has 0 saturated carbocycles. The highest BCUT2D eigenvalue weighted by molar-refractivity contribution is 14.0. The second-order valence-electron chi connectivity index (χ2n) is 4.60. The first-order chi connectivity index (χ1) is 8.83. The Kier molecular flexibility index (Phi) is 12.5. The van der Waals surface area contributed by atoms with Crippen molar-refractivity contribution in [3.63, 3.8) is 0 Å². The minimum Gasteiger partial charge on any atom is -0.382 e. The van der Waals surface area contributed by atoms with E-state index >= 15 is 0 Å². The van der Waals surface area contributed by atoms with Crippen LogP contribution >= 0.6 is 24.0 Å². The third-order valence-electron chi connectivity index (χ3n) is 3.07. The van der Waals surface area contributed by atoms with E-state index in [1.54, 1.807) is 5.57 Å². The lowest BCUT2D eigenvalue weighted by Gasteiger charge is -2.13. The van der Waals surface area contributed by atoms with E-state index in [2.05, 4.69) is 16.4 Å². The molecule has 0 spiro atoms. The van der Waals surface area contributed by atoms with Gasteiger partial charge in [0, 0.05) is 26.3 Å². The SMILES string of the molecule is CCOCCCN=C(N)NCCC1=CCCCC1.I. The molecule has 0 bridgehead atoms. The number of allylic oxidation sites excluding steroid dienone is 1. The predicted molar refractivity (Wildman–Crippen MR) is 92.2 cm³/mol. The summed E-state index contributed by atoms with van der Waals surface area (Å²) in [5.41, 5.74) is 7.35. The second-order valence-corrected chi connectivity index (χ2v) is 4.60. The maximum Gasteiger partial charge on any atom is 0.188 e. The van der Waals surface area contributed by atoms with Crippen molar-refractivity contribution in [2.75, 3.05) is 26.3 Å². The van der Waals surface area contributed by atoms with E-state index in [-0.39, 0.29) is 24.0 Å². The van der Waals surface area contributed by atoms with Crippen molar-refractivity contribution in [2.45, 2.75) is 45.4 Å². The third kappa shape index (κ3) is 10.2. The van der Waals surface area contributed by atoms with Crippen molar-refractivity contribution >= 4 is 29.9 Å². The van der Waals surface area contributed by atoms with Crippen LogP contribution in [0.15, 0.2) is 16.6 Å². The molecule has 0 amide bonds. The first kappa shape index (κ1) is 18.7. The molecule has 0 saturated heterocycles. The van der Waals surface area contributed by atoms with Crippen molar-refractivity contribution in [1.29, 1.82) is 0 Å². The first-order valence-electron chi connectivity index (χ1n) is 7.12. The van der Waals surface area contributed by atoms with Gasteiger partial charge in [-0.25, -0.2) is 0 Å². The molecule has 0 aromatic heterocycles. The largest absolute Gasteiger partial charge is 0.382 e. The molecule has 1 aliphatic rings. The smallest absolute Gasteiger partial charge is 0.188 e. The van der Waals surface area contributed by atoms with Crippen molar-refractivity contribution in [2.24, 2.45) is 10.7 Å². The Morgan fingerprint density at radius 1 is 1.47 bits per heavy atom. The molecule has 0 aliphatic heterocycles. The summed E-state index contributed by atoms with van der Waals surface area (Å²) in [6.07, 6.45) is 9.59. The highest BCUT2D eigenvalue weighted by Gasteiger charge is 2.02. The van der Waals surface area contributed by atoms with Crippen LogP contribution in [0.3, 0.4) is 0 Å². The summed E-state index contributed by atoms with van der Waals surface area (Å²) in [7, 11) is 0. The number of ether oxygens (including phenoxy) is 1. The standard InChI is InChI=1S/C14H27N3O.HI/c1-2-18-12-6-10-16-14(15)17-11-9-13-7-4-3-5-8-13;/h7H,2-6,8-12H2,1H3,(H3,15,16,17);1H. The fourth-order valence-corrected chi connectivity index (χ4v) is 2.05. The normalized spacial score (nSPS) is 15.6. The fourth-order valence-electron chi connectivity index (χ4n) is 2.05. The van der Waals surface area contributed by atoms with Gasteiger partial charge in [0.25, 0.3) is 0 Å². The highest BCUT2D eigenvalue weighted by atomic mass is 127. The zero-order chi connectivity index (χ0) is 13.1. The average Bonchev–Trinajstić information content (AvgIpc) is 2.40. The predicted octanol–water partition coefficient (Wildman–Crippen LogP) is 2.83. The highest BCUT2D eigenvalue weighted by Crippen LogP contribution is 2.19. The minimum atomic E-state index is 0. The van der Waals surface area contributed by atoms with E-state index < -0.39 is 0 Å². The Morgan fingerprint density at radius 3 is 3.00 bits per heavy atom. The van der Waals surface area contributed by atoms with E-state index in [9.17, 15) is 0 Å². The number of hydrogen-bond acceptors (Lipinski definition) is 2. The Hall–Kier alpha value is -0.300. The molecular formula is C14H28IN3O. The molecule has 1 rings (SSSR count). The maximum atomic E-state index is 5.78. The van der Waals surface area contributed by atoms with Gasteiger partial charge in [-0.05, 0) is 45.4 Å². The van der Waals surface area contributed by atoms with Crippen LogP contribution in [-0.4, -0.2) is 32.3 Å². The average molecular weight is 381 g/mol. The summed E-state index contributed by atoms with van der Waals surface area (Å²) >= 11 is 0. The minimum absolute atomic E-state index is 0. The molecule has 0 atom stereocenters. The van der Waals surface area contributed by atoms with E-state index in [1.165, 1.54) is 25.7 Å². The van der Waals surface area contributed by atoms with Crippen LogP contribution in [0, 0.1) is 0 Å². The summed E-state index contributed by atoms with van der Waals surface area (Å²) in [6.45, 7) is 5.17. The van der Waals surface area contributed by atoms with E-state index in [0.29, 0.717) is 5.96 Å². The summed E-state index contributed by atoms with van der Waals surface area (Å²) in [5, 5.41) is 3.17. The molecule has 0 heterocycles. The van der Waals surface area contributed by atoms with Crippen LogP contribution in [-0.2, 0) is 4.74 Å². The molecule has 1 aliphatic carbocycles. The molecule has 0 radical (unpaired) electrons. The Morgan fingerprint density at radius 2 is 2.32 bits per heavy atom. The molecule has 5 heteroatoms. The summed E-state index contributed by atoms with van der Waals surface area (Å²) in [6, 6.07) is 0. The van der Waals surface area contributed by atoms with E-state index in [4.69, 9.17) is 10.5 Å². The maximum absolute atomic E-state index is 5.78. The summed E-state index contributed by atoms with van der Waals surface area (Å²) in [5.74, 6) is 0.558. The fraction of sp³-hybridized carbons (Fsp3) is 0.786. The zero-order valence-electron chi connectivity index (χ0n) is 12.0. The topological polar surface area (TPSA) is 59.6 Å². The Balaban J connectivity index is 0.00000324. The van der Waals surface area contributed by atoms with Crippen molar-refractivity contribution < 1.29 is 4.74 Å². The molecule has 0 fully saturated rings. The van der Waals surface area contributed by atoms with Gasteiger partial charge in [0.2, 0.25) is 0 Å². The van der Waals surface area contributed by atoms with E-state index in [0.717, 1.165) is 39.1 Å². The lowest BCUT2D eigenvalue weighted by atomic mass is 9.97. The molecule has 0 unspecified atom stereocenters. The van der Waals surface area contributed by atoms with Gasteiger partial charge in [0.05, 0.1) is 0 Å². The van der Waals surface area contributed by atoms with Crippen LogP contribution in [0.1, 0.15) is 45.4 Å². The van der Waals surface area contributed by atoms with E-state index in [1.807, 2.05) is 6.92 Å². The van der Waals surface area contributed by atoms with Crippen molar-refractivity contribution in [3.8, 4) is 0 Å². The number of rotatable bonds is 8. The molecule has 19 heavy (non-hydrogen) atoms. The molecule has 112 valence electrons. The van der Waals surface area contributed by atoms with Gasteiger partial charge >= 0.3 is 0 Å². The quantitative estimate of drug-likeness (QED) is 0.224. The second kappa shape index (κ2) is 12.7. The number of nitrogens with one attached hydrogen (secondary N) is 1. The molecule has 3 N–H and O–H groups in total. The van der Waals surface area contributed by atoms with Crippen LogP contribution in [0.2, 0.25) is 0 Å².